The average Bonchev–Trinajstić information content (AvgIpc) is 3.27. The maximum Gasteiger partial charge on any atom is 0.196 e. The minimum absolute atomic E-state index is 0.525. The number of para-hydroxylation sites is 1. The maximum absolute atomic E-state index is 5.37. The fraction of sp³-hybridized carbons (Fsp3) is 0.238. The van der Waals surface area contributed by atoms with E-state index < -0.39 is 0 Å². The number of aromatic nitrogens is 2. The molecule has 2 aromatic carbocycles. The number of anilines is 1. The summed E-state index contributed by atoms with van der Waals surface area (Å²) in [6, 6.07) is 13.8. The van der Waals surface area contributed by atoms with E-state index in [1.54, 1.807) is 26.7 Å². The number of nitrogens with one attached hydrogen (secondary N) is 2. The Morgan fingerprint density at radius 3 is 2.64 bits per heavy atom. The summed E-state index contributed by atoms with van der Waals surface area (Å²) in [7, 11) is 3.24. The van der Waals surface area contributed by atoms with Gasteiger partial charge >= 0.3 is 0 Å². The fourth-order valence-electron chi connectivity index (χ4n) is 2.82. The molecule has 7 heteroatoms. The van der Waals surface area contributed by atoms with Crippen LogP contribution in [0.25, 0.3) is 5.69 Å². The zero-order chi connectivity index (χ0) is 19.8. The molecule has 3 aromatic rings. The monoisotopic (exact) mass is 379 g/mol. The van der Waals surface area contributed by atoms with Crippen molar-refractivity contribution in [2.24, 2.45) is 4.99 Å². The van der Waals surface area contributed by atoms with Gasteiger partial charge in [-0.15, -0.1) is 0 Å². The molecule has 0 bridgehead atoms. The quantitative estimate of drug-likeness (QED) is 0.486. The van der Waals surface area contributed by atoms with Crippen LogP contribution in [0.5, 0.6) is 11.5 Å². The van der Waals surface area contributed by atoms with Gasteiger partial charge in [0, 0.05) is 30.7 Å². The van der Waals surface area contributed by atoms with Gasteiger partial charge in [0.25, 0.3) is 0 Å². The topological polar surface area (TPSA) is 72.7 Å². The van der Waals surface area contributed by atoms with E-state index in [9.17, 15) is 0 Å². The zero-order valence-corrected chi connectivity index (χ0v) is 16.3. The normalized spacial score (nSPS) is 11.2. The number of rotatable bonds is 7. The summed E-state index contributed by atoms with van der Waals surface area (Å²) in [6.45, 7) is 3.31. The van der Waals surface area contributed by atoms with Gasteiger partial charge in [-0.2, -0.15) is 0 Å². The molecule has 0 aliphatic carbocycles. The molecule has 0 aliphatic rings. The second-order valence-electron chi connectivity index (χ2n) is 5.99. The molecule has 0 fully saturated rings. The Bertz CT molecular complexity index is 922. The van der Waals surface area contributed by atoms with Crippen LogP contribution in [0.1, 0.15) is 12.5 Å². The zero-order valence-electron chi connectivity index (χ0n) is 16.3. The number of imidazole rings is 1. The summed E-state index contributed by atoms with van der Waals surface area (Å²) in [5.74, 6) is 2.04. The molecule has 2 N–H and O–H groups in total. The van der Waals surface area contributed by atoms with E-state index in [0.717, 1.165) is 23.5 Å². The first kappa shape index (κ1) is 19.3. The molecular weight excluding hydrogens is 354 g/mol. The van der Waals surface area contributed by atoms with Gasteiger partial charge in [-0.1, -0.05) is 18.2 Å². The van der Waals surface area contributed by atoms with Gasteiger partial charge in [0.05, 0.1) is 32.8 Å². The SMILES string of the molecule is CCNC(=NCc1ccccc1-n1ccnc1)Nc1ccc(OC)c(OC)c1. The molecule has 0 saturated heterocycles. The molecule has 0 saturated carbocycles. The Morgan fingerprint density at radius 1 is 1.11 bits per heavy atom. The van der Waals surface area contributed by atoms with Crippen LogP contribution in [0.3, 0.4) is 0 Å². The van der Waals surface area contributed by atoms with Gasteiger partial charge in [-0.25, -0.2) is 9.98 Å². The molecule has 28 heavy (non-hydrogen) atoms. The molecule has 1 aromatic heterocycles. The maximum atomic E-state index is 5.37. The highest BCUT2D eigenvalue weighted by atomic mass is 16.5. The van der Waals surface area contributed by atoms with E-state index in [1.807, 2.05) is 48.0 Å². The van der Waals surface area contributed by atoms with Crippen molar-refractivity contribution < 1.29 is 9.47 Å². The van der Waals surface area contributed by atoms with Crippen LogP contribution in [0.15, 0.2) is 66.2 Å². The van der Waals surface area contributed by atoms with Crippen LogP contribution in [0, 0.1) is 0 Å². The second kappa shape index (κ2) is 9.45. The number of benzene rings is 2. The minimum Gasteiger partial charge on any atom is -0.493 e. The fourth-order valence-corrected chi connectivity index (χ4v) is 2.82. The molecule has 0 amide bonds. The minimum atomic E-state index is 0.525. The summed E-state index contributed by atoms with van der Waals surface area (Å²) in [5, 5.41) is 6.58. The molecule has 0 radical (unpaired) electrons. The third kappa shape index (κ3) is 4.62. The number of hydrogen-bond acceptors (Lipinski definition) is 4. The van der Waals surface area contributed by atoms with E-state index in [0.29, 0.717) is 24.0 Å². The Kier molecular flexibility index (Phi) is 6.51. The first-order chi connectivity index (χ1) is 13.7. The molecule has 0 atom stereocenters. The van der Waals surface area contributed by atoms with Crippen molar-refractivity contribution >= 4 is 11.6 Å². The average molecular weight is 379 g/mol. The standard InChI is InChI=1S/C21H25N5O2/c1-4-23-21(25-17-9-10-19(27-2)20(13-17)28-3)24-14-16-7-5-6-8-18(16)26-12-11-22-15-26/h5-13,15H,4,14H2,1-3H3,(H2,23,24,25). The second-order valence-corrected chi connectivity index (χ2v) is 5.99. The lowest BCUT2D eigenvalue weighted by Crippen LogP contribution is -2.30. The van der Waals surface area contributed by atoms with Gasteiger partial charge in [0.2, 0.25) is 0 Å². The number of aliphatic imine (C=N–C) groups is 1. The molecule has 1 heterocycles. The van der Waals surface area contributed by atoms with Crippen molar-refractivity contribution in [3.8, 4) is 17.2 Å². The Hall–Kier alpha value is -3.48. The lowest BCUT2D eigenvalue weighted by atomic mass is 10.2. The number of guanidine groups is 1. The Morgan fingerprint density at radius 2 is 1.93 bits per heavy atom. The number of hydrogen-bond donors (Lipinski definition) is 2. The number of methoxy groups -OCH3 is 2. The van der Waals surface area contributed by atoms with Gasteiger partial charge in [0.15, 0.2) is 17.5 Å². The summed E-state index contributed by atoms with van der Waals surface area (Å²) < 4.78 is 12.6. The van der Waals surface area contributed by atoms with E-state index in [1.165, 1.54) is 0 Å². The smallest absolute Gasteiger partial charge is 0.196 e. The van der Waals surface area contributed by atoms with E-state index >= 15 is 0 Å². The van der Waals surface area contributed by atoms with Crippen molar-refractivity contribution in [1.29, 1.82) is 0 Å². The van der Waals surface area contributed by atoms with Gasteiger partial charge in [0.1, 0.15) is 0 Å². The van der Waals surface area contributed by atoms with Crippen LogP contribution in [-0.2, 0) is 6.54 Å². The number of nitrogens with zero attached hydrogens (tertiary/aromatic N) is 3. The predicted octanol–water partition coefficient (Wildman–Crippen LogP) is 3.47. The third-order valence-electron chi connectivity index (χ3n) is 4.17. The van der Waals surface area contributed by atoms with Crippen molar-refractivity contribution in [3.05, 3.63) is 66.7 Å². The van der Waals surface area contributed by atoms with Crippen LogP contribution < -0.4 is 20.1 Å². The highest BCUT2D eigenvalue weighted by molar-refractivity contribution is 5.93. The molecular formula is C21H25N5O2. The number of ether oxygens (including phenoxy) is 2. The molecule has 146 valence electrons. The highest BCUT2D eigenvalue weighted by Crippen LogP contribution is 2.29. The van der Waals surface area contributed by atoms with E-state index in [-0.39, 0.29) is 0 Å². The van der Waals surface area contributed by atoms with Crippen LogP contribution in [0.2, 0.25) is 0 Å². The third-order valence-corrected chi connectivity index (χ3v) is 4.17. The van der Waals surface area contributed by atoms with Crippen LogP contribution in [0.4, 0.5) is 5.69 Å². The highest BCUT2D eigenvalue weighted by Gasteiger charge is 2.07. The van der Waals surface area contributed by atoms with Gasteiger partial charge < -0.3 is 24.7 Å². The molecule has 7 nitrogen and oxygen atoms in total. The van der Waals surface area contributed by atoms with E-state index in [4.69, 9.17) is 14.5 Å². The van der Waals surface area contributed by atoms with Gasteiger partial charge in [-0.05, 0) is 30.7 Å². The van der Waals surface area contributed by atoms with Gasteiger partial charge in [-0.3, -0.25) is 0 Å². The molecule has 3 rings (SSSR count). The Labute approximate surface area is 165 Å². The summed E-state index contributed by atoms with van der Waals surface area (Å²) in [5.41, 5.74) is 3.02. The summed E-state index contributed by atoms with van der Waals surface area (Å²) in [4.78, 5) is 8.87. The van der Waals surface area contributed by atoms with Crippen molar-refractivity contribution in [1.82, 2.24) is 14.9 Å². The first-order valence-electron chi connectivity index (χ1n) is 9.08. The predicted molar refractivity (Wildman–Crippen MR) is 112 cm³/mol. The lowest BCUT2D eigenvalue weighted by Gasteiger charge is -2.14. The first-order valence-corrected chi connectivity index (χ1v) is 9.08. The summed E-state index contributed by atoms with van der Waals surface area (Å²) in [6.07, 6.45) is 5.48. The molecule has 0 aliphatic heterocycles. The van der Waals surface area contributed by atoms with Crippen LogP contribution >= 0.6 is 0 Å². The Balaban J connectivity index is 1.81. The van der Waals surface area contributed by atoms with Crippen molar-refractivity contribution in [2.45, 2.75) is 13.5 Å². The molecule has 0 unspecified atom stereocenters. The van der Waals surface area contributed by atoms with E-state index in [2.05, 4.69) is 27.8 Å². The molecule has 0 spiro atoms. The van der Waals surface area contributed by atoms with Crippen molar-refractivity contribution in [2.75, 3.05) is 26.1 Å². The summed E-state index contributed by atoms with van der Waals surface area (Å²) >= 11 is 0. The largest absolute Gasteiger partial charge is 0.493 e. The van der Waals surface area contributed by atoms with Crippen molar-refractivity contribution in [3.63, 3.8) is 0 Å². The lowest BCUT2D eigenvalue weighted by molar-refractivity contribution is 0.355. The van der Waals surface area contributed by atoms with Crippen LogP contribution in [-0.4, -0.2) is 36.3 Å².